The number of nitrogens with zero attached hydrogens (tertiary/aromatic N) is 5. The molecule has 1 atom stereocenters. The van der Waals surface area contributed by atoms with Gasteiger partial charge in [0.1, 0.15) is 5.82 Å². The molecule has 24 heavy (non-hydrogen) atoms. The number of amides is 2. The number of aromatic nitrogens is 4. The van der Waals surface area contributed by atoms with Gasteiger partial charge in [-0.15, -0.1) is 4.68 Å². The lowest BCUT2D eigenvalue weighted by atomic mass is 10.3. The summed E-state index contributed by atoms with van der Waals surface area (Å²) < 4.78 is 14.7. The molecule has 10 heteroatoms. The largest absolute Gasteiger partial charge is 0.377 e. The fraction of sp³-hybridized carbons (Fsp3) is 0.357. The van der Waals surface area contributed by atoms with E-state index in [-0.39, 0.29) is 24.2 Å². The van der Waals surface area contributed by atoms with Crippen LogP contribution in [0.4, 0.5) is 9.18 Å². The molecule has 0 spiro atoms. The second-order valence-corrected chi connectivity index (χ2v) is 5.48. The van der Waals surface area contributed by atoms with Crippen LogP contribution in [-0.2, 0) is 4.79 Å². The van der Waals surface area contributed by atoms with Crippen molar-refractivity contribution in [2.24, 2.45) is 0 Å². The van der Waals surface area contributed by atoms with Gasteiger partial charge >= 0.3 is 11.7 Å². The van der Waals surface area contributed by atoms with E-state index in [9.17, 15) is 18.8 Å². The molecule has 0 saturated carbocycles. The fourth-order valence-electron chi connectivity index (χ4n) is 2.61. The molecule has 1 aromatic carbocycles. The quantitative estimate of drug-likeness (QED) is 0.763. The second-order valence-electron chi connectivity index (χ2n) is 5.48. The van der Waals surface area contributed by atoms with Crippen molar-refractivity contribution in [1.82, 2.24) is 30.0 Å². The molecule has 1 aromatic heterocycles. The summed E-state index contributed by atoms with van der Waals surface area (Å²) in [6.07, 6.45) is 0.595. The monoisotopic (exact) mass is 334 g/mol. The van der Waals surface area contributed by atoms with Crippen molar-refractivity contribution in [1.29, 1.82) is 0 Å². The Morgan fingerprint density at radius 3 is 2.83 bits per heavy atom. The minimum atomic E-state index is -0.784. The third-order valence-corrected chi connectivity index (χ3v) is 3.68. The Balaban J connectivity index is 1.80. The van der Waals surface area contributed by atoms with Gasteiger partial charge < -0.3 is 10.2 Å². The minimum Gasteiger partial charge on any atom is -0.352 e. The maximum absolute atomic E-state index is 13.3. The van der Waals surface area contributed by atoms with Gasteiger partial charge in [0.2, 0.25) is 5.91 Å². The van der Waals surface area contributed by atoms with E-state index in [1.807, 2.05) is 0 Å². The van der Waals surface area contributed by atoms with E-state index in [4.69, 9.17) is 0 Å². The highest BCUT2D eigenvalue weighted by Gasteiger charge is 2.29. The molecule has 0 unspecified atom stereocenters. The van der Waals surface area contributed by atoms with Crippen LogP contribution in [0.5, 0.6) is 0 Å². The highest BCUT2D eigenvalue weighted by molar-refractivity contribution is 5.76. The van der Waals surface area contributed by atoms with Crippen molar-refractivity contribution in [2.75, 3.05) is 13.1 Å². The molecule has 1 fully saturated rings. The number of rotatable bonds is 2. The second kappa shape index (κ2) is 6.22. The predicted octanol–water partition coefficient (Wildman–Crippen LogP) is -0.253. The van der Waals surface area contributed by atoms with E-state index in [1.54, 1.807) is 0 Å². The van der Waals surface area contributed by atoms with Crippen molar-refractivity contribution in [3.8, 4) is 5.69 Å². The maximum Gasteiger partial charge on any atom is 0.377 e. The molecular weight excluding hydrogens is 319 g/mol. The highest BCUT2D eigenvalue weighted by Crippen LogP contribution is 2.10. The van der Waals surface area contributed by atoms with Gasteiger partial charge in [0.15, 0.2) is 0 Å². The first-order valence-electron chi connectivity index (χ1n) is 7.33. The summed E-state index contributed by atoms with van der Waals surface area (Å²) >= 11 is 0. The van der Waals surface area contributed by atoms with Crippen LogP contribution in [0.2, 0.25) is 0 Å². The first-order valence-corrected chi connectivity index (χ1v) is 7.33. The number of nitrogens with one attached hydrogen (secondary N) is 1. The first kappa shape index (κ1) is 15.8. The summed E-state index contributed by atoms with van der Waals surface area (Å²) in [6.45, 7) is 2.08. The number of tetrazole rings is 1. The summed E-state index contributed by atoms with van der Waals surface area (Å²) in [5, 5.41) is 9.92. The standard InChI is InChI=1S/C14H15FN6O3/c1-9(22)16-11-5-6-19(8-11)13(23)21-14(24)20(17-18-21)12-4-2-3-10(15)7-12/h2-4,7,11H,5-6,8H2,1H3,(H,16,22)/t11-/m0/s1. The van der Waals surface area contributed by atoms with Crippen LogP contribution in [0.25, 0.3) is 5.69 Å². The fourth-order valence-corrected chi connectivity index (χ4v) is 2.61. The molecular formula is C14H15FN6O3. The summed E-state index contributed by atoms with van der Waals surface area (Å²) in [5.74, 6) is -0.707. The van der Waals surface area contributed by atoms with Crippen molar-refractivity contribution in [2.45, 2.75) is 19.4 Å². The van der Waals surface area contributed by atoms with E-state index < -0.39 is 17.5 Å². The zero-order chi connectivity index (χ0) is 17.3. The van der Waals surface area contributed by atoms with Crippen molar-refractivity contribution in [3.63, 3.8) is 0 Å². The van der Waals surface area contributed by atoms with Crippen LogP contribution in [-0.4, -0.2) is 55.8 Å². The molecule has 1 N–H and O–H groups in total. The molecule has 2 aromatic rings. The number of benzene rings is 1. The van der Waals surface area contributed by atoms with Crippen LogP contribution in [0.3, 0.4) is 0 Å². The van der Waals surface area contributed by atoms with E-state index in [2.05, 4.69) is 15.7 Å². The van der Waals surface area contributed by atoms with Gasteiger partial charge in [-0.2, -0.15) is 4.68 Å². The zero-order valence-corrected chi connectivity index (χ0v) is 12.8. The summed E-state index contributed by atoms with van der Waals surface area (Å²) in [6, 6.07) is 4.48. The Kier molecular flexibility index (Phi) is 4.11. The predicted molar refractivity (Wildman–Crippen MR) is 80.2 cm³/mol. The normalized spacial score (nSPS) is 17.1. The van der Waals surface area contributed by atoms with Gasteiger partial charge in [0.25, 0.3) is 0 Å². The van der Waals surface area contributed by atoms with Gasteiger partial charge in [-0.25, -0.2) is 14.0 Å². The van der Waals surface area contributed by atoms with Crippen LogP contribution in [0, 0.1) is 5.82 Å². The summed E-state index contributed by atoms with van der Waals surface area (Å²) in [7, 11) is 0. The maximum atomic E-state index is 13.3. The van der Waals surface area contributed by atoms with Crippen molar-refractivity contribution in [3.05, 3.63) is 40.6 Å². The molecule has 9 nitrogen and oxygen atoms in total. The van der Waals surface area contributed by atoms with Gasteiger partial charge in [-0.05, 0) is 35.0 Å². The van der Waals surface area contributed by atoms with Crippen LogP contribution < -0.4 is 11.0 Å². The number of likely N-dealkylation sites (tertiary alicyclic amines) is 1. The van der Waals surface area contributed by atoms with Gasteiger partial charge in [-0.3, -0.25) is 4.79 Å². The third-order valence-electron chi connectivity index (χ3n) is 3.68. The molecule has 1 saturated heterocycles. The number of hydrogen-bond donors (Lipinski definition) is 1. The Hall–Kier alpha value is -3.04. The number of carbonyl (C=O) groups excluding carboxylic acids is 2. The Labute approximate surface area is 135 Å². The molecule has 3 rings (SSSR count). The lowest BCUT2D eigenvalue weighted by Crippen LogP contribution is -2.42. The molecule has 1 aliphatic rings. The molecule has 2 heterocycles. The van der Waals surface area contributed by atoms with Crippen LogP contribution in [0.15, 0.2) is 29.1 Å². The average Bonchev–Trinajstić information content (AvgIpc) is 3.13. The van der Waals surface area contributed by atoms with Crippen LogP contribution >= 0.6 is 0 Å². The average molecular weight is 334 g/mol. The van der Waals surface area contributed by atoms with E-state index in [0.29, 0.717) is 17.6 Å². The lowest BCUT2D eigenvalue weighted by molar-refractivity contribution is -0.119. The molecule has 0 aliphatic carbocycles. The smallest absolute Gasteiger partial charge is 0.352 e. The Morgan fingerprint density at radius 1 is 1.33 bits per heavy atom. The topological polar surface area (TPSA) is 102 Å². The van der Waals surface area contributed by atoms with Crippen molar-refractivity contribution >= 4 is 11.9 Å². The Bertz CT molecular complexity index is 845. The minimum absolute atomic E-state index is 0.152. The summed E-state index contributed by atoms with van der Waals surface area (Å²) in [4.78, 5) is 37.2. The lowest BCUT2D eigenvalue weighted by Gasteiger charge is -2.15. The molecule has 1 aliphatic heterocycles. The van der Waals surface area contributed by atoms with E-state index >= 15 is 0 Å². The number of carbonyl (C=O) groups is 2. The molecule has 126 valence electrons. The van der Waals surface area contributed by atoms with E-state index in [0.717, 1.165) is 10.7 Å². The molecule has 0 radical (unpaired) electrons. The molecule has 0 bridgehead atoms. The van der Waals surface area contributed by atoms with Crippen LogP contribution in [0.1, 0.15) is 13.3 Å². The van der Waals surface area contributed by atoms with E-state index in [1.165, 1.54) is 30.0 Å². The van der Waals surface area contributed by atoms with Gasteiger partial charge in [-0.1, -0.05) is 6.07 Å². The van der Waals surface area contributed by atoms with Crippen molar-refractivity contribution < 1.29 is 14.0 Å². The third kappa shape index (κ3) is 3.03. The zero-order valence-electron chi connectivity index (χ0n) is 12.8. The van der Waals surface area contributed by atoms with Gasteiger partial charge in [0, 0.05) is 26.1 Å². The SMILES string of the molecule is CC(=O)N[C@H]1CCN(C(=O)n2nnn(-c3cccc(F)c3)c2=O)C1. The molecule has 2 amide bonds. The van der Waals surface area contributed by atoms with Gasteiger partial charge in [0.05, 0.1) is 5.69 Å². The summed E-state index contributed by atoms with van der Waals surface area (Å²) in [5.41, 5.74) is -0.606. The number of halogens is 1. The first-order chi connectivity index (χ1) is 11.5. The Morgan fingerprint density at radius 2 is 2.12 bits per heavy atom. The number of hydrogen-bond acceptors (Lipinski definition) is 5. The highest BCUT2D eigenvalue weighted by atomic mass is 19.1.